The zero-order valence-electron chi connectivity index (χ0n) is 7.71. The van der Waals surface area contributed by atoms with Gasteiger partial charge in [-0.3, -0.25) is 0 Å². The molecule has 0 bridgehead atoms. The molecule has 0 rings (SSSR count). The number of aliphatic hydroxyl groups excluding tert-OH is 1. The molecule has 0 aliphatic heterocycles. The van der Waals surface area contributed by atoms with Crippen molar-refractivity contribution in [1.29, 1.82) is 0 Å². The number of nitrogens with two attached hydrogens (primary N) is 1. The van der Waals surface area contributed by atoms with Gasteiger partial charge in [0.05, 0.1) is 0 Å². The molecule has 11 heavy (non-hydrogen) atoms. The van der Waals surface area contributed by atoms with Crippen molar-refractivity contribution in [3.63, 3.8) is 0 Å². The normalized spacial score (nSPS) is 16.4. The van der Waals surface area contributed by atoms with Crippen molar-refractivity contribution >= 4 is 0 Å². The fraction of sp³-hybridized carbons (Fsp3) is 1.00. The summed E-state index contributed by atoms with van der Waals surface area (Å²) in [4.78, 5) is 0. The third kappa shape index (κ3) is 6.32. The maximum Gasteiger partial charge on any atom is 0.0456 e. The maximum atomic E-state index is 8.78. The van der Waals surface area contributed by atoms with Crippen LogP contribution >= 0.6 is 0 Å². The van der Waals surface area contributed by atoms with Crippen LogP contribution in [0.15, 0.2) is 0 Å². The Morgan fingerprint density at radius 1 is 1.27 bits per heavy atom. The summed E-state index contributed by atoms with van der Waals surface area (Å²) in [5.41, 5.74) is 5.39. The van der Waals surface area contributed by atoms with E-state index in [4.69, 9.17) is 10.8 Å². The lowest BCUT2D eigenvalue weighted by molar-refractivity contribution is 0.212. The Balaban J connectivity index is 3.27. The Hall–Kier alpha value is -0.0800. The summed E-state index contributed by atoms with van der Waals surface area (Å²) in [6.45, 7) is 5.41. The molecule has 68 valence electrons. The van der Waals surface area contributed by atoms with Crippen LogP contribution in [0, 0.1) is 11.8 Å². The van der Waals surface area contributed by atoms with Crippen LogP contribution in [0.25, 0.3) is 0 Å². The van der Waals surface area contributed by atoms with E-state index in [2.05, 4.69) is 13.8 Å². The van der Waals surface area contributed by atoms with E-state index in [0.717, 1.165) is 19.4 Å². The van der Waals surface area contributed by atoms with Gasteiger partial charge in [-0.15, -0.1) is 0 Å². The molecule has 0 saturated carbocycles. The van der Waals surface area contributed by atoms with Crippen LogP contribution < -0.4 is 5.73 Å². The number of rotatable bonds is 6. The highest BCUT2D eigenvalue weighted by atomic mass is 16.3. The second kappa shape index (κ2) is 6.62. The Morgan fingerprint density at radius 2 is 1.91 bits per heavy atom. The largest absolute Gasteiger partial charge is 0.396 e. The molecule has 2 unspecified atom stereocenters. The van der Waals surface area contributed by atoms with Crippen LogP contribution in [0.5, 0.6) is 0 Å². The van der Waals surface area contributed by atoms with Gasteiger partial charge in [-0.1, -0.05) is 13.8 Å². The summed E-state index contributed by atoms with van der Waals surface area (Å²) in [6.07, 6.45) is 3.43. The molecule has 0 aromatic rings. The van der Waals surface area contributed by atoms with Gasteiger partial charge in [-0.2, -0.15) is 0 Å². The van der Waals surface area contributed by atoms with E-state index in [1.165, 1.54) is 6.42 Å². The van der Waals surface area contributed by atoms with Gasteiger partial charge in [0.1, 0.15) is 0 Å². The van der Waals surface area contributed by atoms with E-state index in [9.17, 15) is 0 Å². The molecule has 0 saturated heterocycles. The van der Waals surface area contributed by atoms with Crippen molar-refractivity contribution in [3.8, 4) is 0 Å². The van der Waals surface area contributed by atoms with Crippen molar-refractivity contribution in [2.75, 3.05) is 13.2 Å². The fourth-order valence-corrected chi connectivity index (χ4v) is 1.35. The summed E-state index contributed by atoms with van der Waals surface area (Å²) in [6, 6.07) is 0. The molecular formula is C9H21NO. The summed E-state index contributed by atoms with van der Waals surface area (Å²) >= 11 is 0. The Bertz CT molecular complexity index is 85.6. The van der Waals surface area contributed by atoms with Gasteiger partial charge < -0.3 is 10.8 Å². The molecule has 0 aliphatic rings. The second-order valence-electron chi connectivity index (χ2n) is 3.56. The minimum Gasteiger partial charge on any atom is -0.396 e. The lowest BCUT2D eigenvalue weighted by atomic mass is 9.94. The van der Waals surface area contributed by atoms with Gasteiger partial charge in [-0.25, -0.2) is 0 Å². The topological polar surface area (TPSA) is 46.2 Å². The molecule has 2 atom stereocenters. The standard InChI is InChI=1S/C9H21NO/c1-8(4-3-5-10)6-9(2)7-11/h8-9,11H,3-7,10H2,1-2H3. The third-order valence-electron chi connectivity index (χ3n) is 2.02. The highest BCUT2D eigenvalue weighted by molar-refractivity contribution is 4.58. The SMILES string of the molecule is CC(CO)CC(C)CCCN. The number of hydrogen-bond acceptors (Lipinski definition) is 2. The molecule has 0 heterocycles. The van der Waals surface area contributed by atoms with Gasteiger partial charge in [0.15, 0.2) is 0 Å². The number of hydrogen-bond donors (Lipinski definition) is 2. The highest BCUT2D eigenvalue weighted by Gasteiger charge is 2.06. The van der Waals surface area contributed by atoms with E-state index in [-0.39, 0.29) is 0 Å². The molecule has 0 aliphatic carbocycles. The second-order valence-corrected chi connectivity index (χ2v) is 3.56. The summed E-state index contributed by atoms with van der Waals surface area (Å²) < 4.78 is 0. The molecule has 0 aromatic carbocycles. The first-order valence-corrected chi connectivity index (χ1v) is 4.51. The minimum atomic E-state index is 0.312. The zero-order valence-corrected chi connectivity index (χ0v) is 7.71. The predicted molar refractivity (Wildman–Crippen MR) is 48.3 cm³/mol. The molecule has 0 radical (unpaired) electrons. The summed E-state index contributed by atoms with van der Waals surface area (Å²) in [5, 5.41) is 8.78. The van der Waals surface area contributed by atoms with Gasteiger partial charge >= 0.3 is 0 Å². The minimum absolute atomic E-state index is 0.312. The average Bonchev–Trinajstić information content (AvgIpc) is 2.00. The molecule has 0 aromatic heterocycles. The quantitative estimate of drug-likeness (QED) is 0.615. The van der Waals surface area contributed by atoms with Gasteiger partial charge in [-0.05, 0) is 37.6 Å². The first-order valence-electron chi connectivity index (χ1n) is 4.51. The monoisotopic (exact) mass is 159 g/mol. The Morgan fingerprint density at radius 3 is 2.36 bits per heavy atom. The van der Waals surface area contributed by atoms with Crippen LogP contribution in [0.2, 0.25) is 0 Å². The van der Waals surface area contributed by atoms with Gasteiger partial charge in [0.2, 0.25) is 0 Å². The molecule has 3 N–H and O–H groups in total. The van der Waals surface area contributed by atoms with Crippen molar-refractivity contribution in [2.24, 2.45) is 17.6 Å². The molecule has 2 heteroatoms. The van der Waals surface area contributed by atoms with Crippen LogP contribution in [-0.4, -0.2) is 18.3 Å². The highest BCUT2D eigenvalue weighted by Crippen LogP contribution is 2.15. The predicted octanol–water partition coefficient (Wildman–Crippen LogP) is 1.38. The first-order chi connectivity index (χ1) is 5.20. The summed E-state index contributed by atoms with van der Waals surface area (Å²) in [5.74, 6) is 1.16. The fourth-order valence-electron chi connectivity index (χ4n) is 1.35. The van der Waals surface area contributed by atoms with E-state index < -0.39 is 0 Å². The zero-order chi connectivity index (χ0) is 8.69. The third-order valence-corrected chi connectivity index (χ3v) is 2.02. The number of aliphatic hydroxyl groups is 1. The van der Waals surface area contributed by atoms with Crippen molar-refractivity contribution in [3.05, 3.63) is 0 Å². The van der Waals surface area contributed by atoms with Crippen molar-refractivity contribution in [1.82, 2.24) is 0 Å². The average molecular weight is 159 g/mol. The summed E-state index contributed by atoms with van der Waals surface area (Å²) in [7, 11) is 0. The molecular weight excluding hydrogens is 138 g/mol. The Labute approximate surface area is 69.8 Å². The van der Waals surface area contributed by atoms with Gasteiger partial charge in [0.25, 0.3) is 0 Å². The van der Waals surface area contributed by atoms with E-state index in [0.29, 0.717) is 18.4 Å². The van der Waals surface area contributed by atoms with Crippen LogP contribution in [-0.2, 0) is 0 Å². The molecule has 0 amide bonds. The van der Waals surface area contributed by atoms with Gasteiger partial charge in [0, 0.05) is 6.61 Å². The lowest BCUT2D eigenvalue weighted by Gasteiger charge is -2.14. The smallest absolute Gasteiger partial charge is 0.0456 e. The molecule has 2 nitrogen and oxygen atoms in total. The van der Waals surface area contributed by atoms with Crippen molar-refractivity contribution in [2.45, 2.75) is 33.1 Å². The molecule has 0 spiro atoms. The Kier molecular flexibility index (Phi) is 6.57. The van der Waals surface area contributed by atoms with Crippen LogP contribution in [0.1, 0.15) is 33.1 Å². The van der Waals surface area contributed by atoms with E-state index >= 15 is 0 Å². The maximum absolute atomic E-state index is 8.78. The van der Waals surface area contributed by atoms with Crippen molar-refractivity contribution < 1.29 is 5.11 Å². The van der Waals surface area contributed by atoms with E-state index in [1.807, 2.05) is 0 Å². The lowest BCUT2D eigenvalue weighted by Crippen LogP contribution is -2.08. The first kappa shape index (κ1) is 10.9. The molecule has 0 fully saturated rings. The van der Waals surface area contributed by atoms with Crippen LogP contribution in [0.4, 0.5) is 0 Å². The van der Waals surface area contributed by atoms with E-state index in [1.54, 1.807) is 0 Å². The van der Waals surface area contributed by atoms with Crippen LogP contribution in [0.3, 0.4) is 0 Å².